The number of hydrogen-bond donors (Lipinski definition) is 1. The largest absolute Gasteiger partial charge is 0.301 e. The maximum atomic E-state index is 13.7. The Labute approximate surface area is 142 Å². The fraction of sp³-hybridized carbons (Fsp3) is 0.190. The third-order valence-electron chi connectivity index (χ3n) is 4.29. The lowest BCUT2D eigenvalue weighted by Gasteiger charge is -2.20. The van der Waals surface area contributed by atoms with Crippen LogP contribution in [-0.4, -0.2) is 4.98 Å². The molecule has 0 aliphatic heterocycles. The van der Waals surface area contributed by atoms with Gasteiger partial charge in [0, 0.05) is 12.7 Å². The standard InChI is InChI=1S/C21H21FN2/c1-15-7-5-8-16(2)19(15)14-24-21(20-11-3-4-12-23-20)17-9-6-10-18(22)13-17/h3-13,21,24H,14H2,1-2H3. The highest BCUT2D eigenvalue weighted by molar-refractivity contribution is 5.34. The van der Waals surface area contributed by atoms with E-state index in [2.05, 4.69) is 42.3 Å². The van der Waals surface area contributed by atoms with Crippen LogP contribution in [0.1, 0.15) is 34.0 Å². The van der Waals surface area contributed by atoms with Crippen molar-refractivity contribution in [2.75, 3.05) is 0 Å². The Balaban J connectivity index is 1.91. The van der Waals surface area contributed by atoms with Gasteiger partial charge in [-0.2, -0.15) is 0 Å². The fourth-order valence-corrected chi connectivity index (χ4v) is 2.96. The van der Waals surface area contributed by atoms with Crippen LogP contribution >= 0.6 is 0 Å². The van der Waals surface area contributed by atoms with E-state index in [0.29, 0.717) is 6.54 Å². The van der Waals surface area contributed by atoms with Crippen molar-refractivity contribution < 1.29 is 4.39 Å². The molecule has 0 fully saturated rings. The molecule has 0 amide bonds. The van der Waals surface area contributed by atoms with Gasteiger partial charge in [0.2, 0.25) is 0 Å². The minimum absolute atomic E-state index is 0.152. The average Bonchev–Trinajstić information content (AvgIpc) is 2.58. The summed E-state index contributed by atoms with van der Waals surface area (Å²) >= 11 is 0. The van der Waals surface area contributed by atoms with Gasteiger partial charge >= 0.3 is 0 Å². The van der Waals surface area contributed by atoms with Crippen molar-refractivity contribution in [2.24, 2.45) is 0 Å². The summed E-state index contributed by atoms with van der Waals surface area (Å²) in [6.07, 6.45) is 1.77. The van der Waals surface area contributed by atoms with Crippen molar-refractivity contribution in [2.45, 2.75) is 26.4 Å². The number of aromatic nitrogens is 1. The molecule has 1 N–H and O–H groups in total. The van der Waals surface area contributed by atoms with Crippen LogP contribution in [0.25, 0.3) is 0 Å². The molecule has 0 radical (unpaired) electrons. The van der Waals surface area contributed by atoms with Gasteiger partial charge in [0.05, 0.1) is 11.7 Å². The van der Waals surface area contributed by atoms with Gasteiger partial charge in [0.15, 0.2) is 0 Å². The molecule has 24 heavy (non-hydrogen) atoms. The Morgan fingerprint density at radius 1 is 0.958 bits per heavy atom. The lowest BCUT2D eigenvalue weighted by molar-refractivity contribution is 0.577. The number of halogens is 1. The maximum Gasteiger partial charge on any atom is 0.123 e. The van der Waals surface area contributed by atoms with Crippen LogP contribution in [0.15, 0.2) is 66.9 Å². The Kier molecular flexibility index (Phi) is 5.02. The van der Waals surface area contributed by atoms with E-state index in [4.69, 9.17) is 0 Å². The summed E-state index contributed by atoms with van der Waals surface area (Å²) in [5, 5.41) is 3.55. The molecular weight excluding hydrogens is 299 g/mol. The Hall–Kier alpha value is -2.52. The molecule has 0 saturated carbocycles. The van der Waals surface area contributed by atoms with E-state index in [9.17, 15) is 4.39 Å². The van der Waals surface area contributed by atoms with E-state index in [1.165, 1.54) is 22.8 Å². The second-order valence-electron chi connectivity index (χ2n) is 5.99. The van der Waals surface area contributed by atoms with E-state index in [1.807, 2.05) is 24.3 Å². The second kappa shape index (κ2) is 7.37. The monoisotopic (exact) mass is 320 g/mol. The minimum Gasteiger partial charge on any atom is -0.301 e. The molecule has 1 atom stereocenters. The second-order valence-corrected chi connectivity index (χ2v) is 5.99. The van der Waals surface area contributed by atoms with E-state index < -0.39 is 0 Å². The molecule has 1 heterocycles. The maximum absolute atomic E-state index is 13.7. The van der Waals surface area contributed by atoms with Gasteiger partial charge in [0.1, 0.15) is 5.82 Å². The van der Waals surface area contributed by atoms with Gasteiger partial charge in [-0.3, -0.25) is 4.98 Å². The summed E-state index contributed by atoms with van der Waals surface area (Å²) in [4.78, 5) is 4.46. The summed E-state index contributed by atoms with van der Waals surface area (Å²) in [5.74, 6) is -0.234. The average molecular weight is 320 g/mol. The van der Waals surface area contributed by atoms with E-state index in [1.54, 1.807) is 18.3 Å². The van der Waals surface area contributed by atoms with Crippen LogP contribution in [0.3, 0.4) is 0 Å². The molecule has 3 rings (SSSR count). The zero-order valence-electron chi connectivity index (χ0n) is 14.0. The molecule has 0 spiro atoms. The summed E-state index contributed by atoms with van der Waals surface area (Å²) in [7, 11) is 0. The van der Waals surface area contributed by atoms with E-state index in [0.717, 1.165) is 11.3 Å². The molecule has 0 bridgehead atoms. The van der Waals surface area contributed by atoms with E-state index >= 15 is 0 Å². The summed E-state index contributed by atoms with van der Waals surface area (Å²) in [5.41, 5.74) is 5.53. The third kappa shape index (κ3) is 3.69. The van der Waals surface area contributed by atoms with Gasteiger partial charge in [-0.15, -0.1) is 0 Å². The van der Waals surface area contributed by atoms with Crippen molar-refractivity contribution >= 4 is 0 Å². The van der Waals surface area contributed by atoms with Crippen LogP contribution < -0.4 is 5.32 Å². The highest BCUT2D eigenvalue weighted by Crippen LogP contribution is 2.23. The SMILES string of the molecule is Cc1cccc(C)c1CNC(c1cccc(F)c1)c1ccccn1. The number of pyridine rings is 1. The lowest BCUT2D eigenvalue weighted by atomic mass is 10.00. The van der Waals surface area contributed by atoms with Crippen molar-refractivity contribution in [3.05, 3.63) is 101 Å². The number of nitrogens with zero attached hydrogens (tertiary/aromatic N) is 1. The van der Waals surface area contributed by atoms with Gasteiger partial charge in [0.25, 0.3) is 0 Å². The first-order valence-electron chi connectivity index (χ1n) is 8.10. The first-order valence-corrected chi connectivity index (χ1v) is 8.10. The zero-order valence-corrected chi connectivity index (χ0v) is 14.0. The molecule has 2 nitrogen and oxygen atoms in total. The Morgan fingerprint density at radius 3 is 2.38 bits per heavy atom. The number of nitrogens with one attached hydrogen (secondary N) is 1. The molecule has 0 aliphatic rings. The predicted octanol–water partition coefficient (Wildman–Crippen LogP) is 4.72. The van der Waals surface area contributed by atoms with E-state index in [-0.39, 0.29) is 11.9 Å². The number of benzene rings is 2. The molecule has 0 aliphatic carbocycles. The molecule has 2 aromatic carbocycles. The normalized spacial score (nSPS) is 12.1. The molecule has 1 aromatic heterocycles. The number of rotatable bonds is 5. The van der Waals surface area contributed by atoms with Gasteiger partial charge < -0.3 is 5.32 Å². The zero-order chi connectivity index (χ0) is 16.9. The molecule has 3 heteroatoms. The van der Waals surface area contributed by atoms with Crippen LogP contribution in [0, 0.1) is 19.7 Å². The summed E-state index contributed by atoms with van der Waals surface area (Å²) in [6.45, 7) is 4.93. The summed E-state index contributed by atoms with van der Waals surface area (Å²) < 4.78 is 13.7. The molecule has 1 unspecified atom stereocenters. The van der Waals surface area contributed by atoms with Crippen LogP contribution in [0.4, 0.5) is 4.39 Å². The van der Waals surface area contributed by atoms with Gasteiger partial charge in [-0.25, -0.2) is 4.39 Å². The van der Waals surface area contributed by atoms with Crippen molar-refractivity contribution in [3.8, 4) is 0 Å². The minimum atomic E-state index is -0.234. The van der Waals surface area contributed by atoms with Gasteiger partial charge in [-0.1, -0.05) is 36.4 Å². The molecule has 122 valence electrons. The third-order valence-corrected chi connectivity index (χ3v) is 4.29. The highest BCUT2D eigenvalue weighted by atomic mass is 19.1. The summed E-state index contributed by atoms with van der Waals surface area (Å²) in [6, 6.07) is 18.6. The Morgan fingerprint density at radius 2 is 1.71 bits per heavy atom. The molecule has 0 saturated heterocycles. The molecular formula is C21H21FN2. The van der Waals surface area contributed by atoms with Crippen LogP contribution in [-0.2, 0) is 6.54 Å². The van der Waals surface area contributed by atoms with Crippen LogP contribution in [0.2, 0.25) is 0 Å². The quantitative estimate of drug-likeness (QED) is 0.736. The van der Waals surface area contributed by atoms with Crippen LogP contribution in [0.5, 0.6) is 0 Å². The number of aryl methyl sites for hydroxylation is 2. The number of hydrogen-bond acceptors (Lipinski definition) is 2. The lowest BCUT2D eigenvalue weighted by Crippen LogP contribution is -2.24. The fourth-order valence-electron chi connectivity index (χ4n) is 2.96. The van der Waals surface area contributed by atoms with Crippen molar-refractivity contribution in [1.29, 1.82) is 0 Å². The van der Waals surface area contributed by atoms with Gasteiger partial charge in [-0.05, 0) is 60.4 Å². The molecule has 3 aromatic rings. The predicted molar refractivity (Wildman–Crippen MR) is 95.2 cm³/mol. The highest BCUT2D eigenvalue weighted by Gasteiger charge is 2.16. The smallest absolute Gasteiger partial charge is 0.123 e. The first kappa shape index (κ1) is 16.3. The van der Waals surface area contributed by atoms with Crippen molar-refractivity contribution in [1.82, 2.24) is 10.3 Å². The first-order chi connectivity index (χ1) is 11.6. The topological polar surface area (TPSA) is 24.9 Å². The Bertz CT molecular complexity index is 795. The van der Waals surface area contributed by atoms with Crippen molar-refractivity contribution in [3.63, 3.8) is 0 Å².